The van der Waals surface area contributed by atoms with Crippen molar-refractivity contribution in [3.8, 4) is 0 Å². The fourth-order valence-corrected chi connectivity index (χ4v) is 2.41. The van der Waals surface area contributed by atoms with Crippen LogP contribution in [0, 0.1) is 10.8 Å². The molecule has 0 saturated carbocycles. The van der Waals surface area contributed by atoms with Crippen molar-refractivity contribution in [1.82, 2.24) is 0 Å². The Morgan fingerprint density at radius 2 is 1.32 bits per heavy atom. The van der Waals surface area contributed by atoms with E-state index in [2.05, 4.69) is 0 Å². The minimum atomic E-state index is -1.07. The Kier molecular flexibility index (Phi) is 5.01. The van der Waals surface area contributed by atoms with Crippen molar-refractivity contribution >= 4 is 7.12 Å². The van der Waals surface area contributed by atoms with E-state index < -0.39 is 41.0 Å². The van der Waals surface area contributed by atoms with Gasteiger partial charge < -0.3 is 14.4 Å². The summed E-state index contributed by atoms with van der Waals surface area (Å²) >= 11 is 0. The lowest BCUT2D eigenvalue weighted by Crippen LogP contribution is -2.41. The van der Waals surface area contributed by atoms with Crippen molar-refractivity contribution in [3.63, 3.8) is 0 Å². The molecule has 0 amide bonds. The second-order valence-corrected chi connectivity index (χ2v) is 9.37. The smallest absolute Gasteiger partial charge is 0.398 e. The number of hydrogen-bond donors (Lipinski definition) is 1. The van der Waals surface area contributed by atoms with E-state index in [0.717, 1.165) is 0 Å². The van der Waals surface area contributed by atoms with E-state index in [0.29, 0.717) is 5.57 Å². The first-order valence-corrected chi connectivity index (χ1v) is 7.94. The SMILES string of the molecule is CC(C)(C)C(=C(F)B1OC(C)(C)C(C)(C)O1)C(O)C(C)(C)C. The molecule has 1 aliphatic heterocycles. The van der Waals surface area contributed by atoms with Gasteiger partial charge in [0, 0.05) is 0 Å². The lowest BCUT2D eigenvalue weighted by molar-refractivity contribution is 0.00578. The molecule has 1 fully saturated rings. The van der Waals surface area contributed by atoms with Crippen LogP contribution in [0.25, 0.3) is 0 Å². The van der Waals surface area contributed by atoms with E-state index in [9.17, 15) is 5.11 Å². The number of hydrogen-bond acceptors (Lipinski definition) is 3. The van der Waals surface area contributed by atoms with Crippen LogP contribution in [0.1, 0.15) is 69.2 Å². The summed E-state index contributed by atoms with van der Waals surface area (Å²) in [4.78, 5) is 0. The molecule has 0 aliphatic carbocycles. The highest BCUT2D eigenvalue weighted by Crippen LogP contribution is 2.43. The van der Waals surface area contributed by atoms with Gasteiger partial charge in [-0.2, -0.15) is 0 Å². The van der Waals surface area contributed by atoms with E-state index in [1.807, 2.05) is 69.2 Å². The Morgan fingerprint density at radius 3 is 1.59 bits per heavy atom. The molecule has 22 heavy (non-hydrogen) atoms. The molecule has 0 aromatic heterocycles. The van der Waals surface area contributed by atoms with Crippen molar-refractivity contribution in [1.29, 1.82) is 0 Å². The number of aliphatic hydroxyl groups is 1. The Morgan fingerprint density at radius 1 is 0.955 bits per heavy atom. The van der Waals surface area contributed by atoms with Crippen LogP contribution in [-0.2, 0) is 9.31 Å². The van der Waals surface area contributed by atoms with Crippen LogP contribution in [-0.4, -0.2) is 29.5 Å². The summed E-state index contributed by atoms with van der Waals surface area (Å²) in [7, 11) is -1.07. The van der Waals surface area contributed by atoms with E-state index in [1.165, 1.54) is 0 Å². The van der Waals surface area contributed by atoms with Crippen molar-refractivity contribution in [2.24, 2.45) is 10.8 Å². The molecule has 0 radical (unpaired) electrons. The Labute approximate surface area is 135 Å². The minimum Gasteiger partial charge on any atom is -0.398 e. The quantitative estimate of drug-likeness (QED) is 0.773. The Hall–Kier alpha value is -0.385. The zero-order chi connectivity index (χ0) is 17.7. The zero-order valence-electron chi connectivity index (χ0n) is 15.8. The van der Waals surface area contributed by atoms with E-state index in [-0.39, 0.29) is 0 Å². The van der Waals surface area contributed by atoms with Gasteiger partial charge in [0.05, 0.1) is 17.3 Å². The largest absolute Gasteiger partial charge is 0.525 e. The van der Waals surface area contributed by atoms with Gasteiger partial charge in [0.1, 0.15) is 5.73 Å². The second kappa shape index (κ2) is 5.61. The summed E-state index contributed by atoms with van der Waals surface area (Å²) in [6, 6.07) is 0. The van der Waals surface area contributed by atoms with Gasteiger partial charge in [-0.25, -0.2) is 4.39 Å². The van der Waals surface area contributed by atoms with Gasteiger partial charge in [-0.15, -0.1) is 0 Å². The fraction of sp³-hybridized carbons (Fsp3) is 0.882. The molecular weight excluding hydrogens is 282 g/mol. The molecule has 5 heteroatoms. The van der Waals surface area contributed by atoms with Crippen LogP contribution in [0.2, 0.25) is 0 Å². The minimum absolute atomic E-state index is 0.346. The standard InChI is InChI=1S/C17H32BFO3/c1-14(2,3)11(12(20)15(4,5)6)13(19)18-21-16(7,8)17(9,10)22-18/h12,20H,1-10H3. The molecule has 1 atom stereocenters. The summed E-state index contributed by atoms with van der Waals surface area (Å²) in [6.45, 7) is 18.9. The summed E-state index contributed by atoms with van der Waals surface area (Å²) < 4.78 is 26.8. The average molecular weight is 314 g/mol. The summed E-state index contributed by atoms with van der Waals surface area (Å²) in [5, 5.41) is 10.7. The second-order valence-electron chi connectivity index (χ2n) is 9.37. The van der Waals surface area contributed by atoms with Crippen LogP contribution < -0.4 is 0 Å². The third-order valence-electron chi connectivity index (χ3n) is 4.62. The van der Waals surface area contributed by atoms with E-state index in [4.69, 9.17) is 9.31 Å². The average Bonchev–Trinajstić information content (AvgIpc) is 2.44. The topological polar surface area (TPSA) is 38.7 Å². The first-order chi connectivity index (χ1) is 9.51. The molecule has 1 N–H and O–H groups in total. The monoisotopic (exact) mass is 314 g/mol. The normalized spacial score (nSPS) is 24.3. The van der Waals surface area contributed by atoms with Gasteiger partial charge >= 0.3 is 7.12 Å². The van der Waals surface area contributed by atoms with Gasteiger partial charge in [-0.3, -0.25) is 0 Å². The van der Waals surface area contributed by atoms with Gasteiger partial charge in [-0.05, 0) is 44.1 Å². The molecule has 0 spiro atoms. The molecule has 1 heterocycles. The Bertz CT molecular complexity index is 440. The maximum Gasteiger partial charge on any atom is 0.525 e. The van der Waals surface area contributed by atoms with Crippen LogP contribution in [0.4, 0.5) is 4.39 Å². The third kappa shape index (κ3) is 3.74. The predicted molar refractivity (Wildman–Crippen MR) is 89.1 cm³/mol. The highest BCUT2D eigenvalue weighted by atomic mass is 19.1. The van der Waals surface area contributed by atoms with Crippen molar-refractivity contribution in [2.75, 3.05) is 0 Å². The van der Waals surface area contributed by atoms with Crippen molar-refractivity contribution in [3.05, 3.63) is 11.3 Å². The molecule has 1 rings (SSSR count). The summed E-state index contributed by atoms with van der Waals surface area (Å²) in [6.07, 6.45) is -0.911. The van der Waals surface area contributed by atoms with Crippen LogP contribution in [0.3, 0.4) is 0 Å². The predicted octanol–water partition coefficient (Wildman–Crippen LogP) is 4.29. The molecule has 0 aromatic carbocycles. The van der Waals surface area contributed by atoms with Gasteiger partial charge in [0.15, 0.2) is 0 Å². The van der Waals surface area contributed by atoms with Gasteiger partial charge in [0.25, 0.3) is 0 Å². The molecule has 1 aliphatic rings. The van der Waals surface area contributed by atoms with Crippen molar-refractivity contribution in [2.45, 2.75) is 86.5 Å². The number of aliphatic hydroxyl groups excluding tert-OH is 1. The fourth-order valence-electron chi connectivity index (χ4n) is 2.41. The lowest BCUT2D eigenvalue weighted by atomic mass is 9.69. The summed E-state index contributed by atoms with van der Waals surface area (Å²) in [5.41, 5.74) is -2.37. The molecule has 0 bridgehead atoms. The Balaban J connectivity index is 3.32. The van der Waals surface area contributed by atoms with Gasteiger partial charge in [0.2, 0.25) is 0 Å². The van der Waals surface area contributed by atoms with Crippen LogP contribution >= 0.6 is 0 Å². The first kappa shape index (κ1) is 19.7. The van der Waals surface area contributed by atoms with Gasteiger partial charge in [-0.1, -0.05) is 41.5 Å². The molecule has 128 valence electrons. The summed E-state index contributed by atoms with van der Waals surface area (Å²) in [5.74, 6) is 0. The maximum absolute atomic E-state index is 15.2. The van der Waals surface area contributed by atoms with E-state index >= 15 is 4.39 Å². The van der Waals surface area contributed by atoms with E-state index in [1.54, 1.807) is 0 Å². The molecule has 1 unspecified atom stereocenters. The lowest BCUT2D eigenvalue weighted by Gasteiger charge is -2.35. The number of rotatable bonds is 2. The zero-order valence-corrected chi connectivity index (χ0v) is 15.8. The highest BCUT2D eigenvalue weighted by Gasteiger charge is 2.54. The highest BCUT2D eigenvalue weighted by molar-refractivity contribution is 6.54. The molecule has 0 aromatic rings. The number of halogens is 1. The molecule has 1 saturated heterocycles. The maximum atomic E-state index is 15.2. The van der Waals surface area contributed by atoms with Crippen molar-refractivity contribution < 1.29 is 18.8 Å². The van der Waals surface area contributed by atoms with Crippen LogP contribution in [0.15, 0.2) is 11.3 Å². The molecular formula is C17H32BFO3. The first-order valence-electron chi connectivity index (χ1n) is 7.94. The molecule has 3 nitrogen and oxygen atoms in total. The third-order valence-corrected chi connectivity index (χ3v) is 4.62. The van der Waals surface area contributed by atoms with Crippen LogP contribution in [0.5, 0.6) is 0 Å².